The maximum absolute atomic E-state index is 11.8. The van der Waals surface area contributed by atoms with Crippen molar-refractivity contribution >= 4 is 11.7 Å². The van der Waals surface area contributed by atoms with E-state index in [1.807, 2.05) is 12.1 Å². The number of hydrogen-bond donors (Lipinski definition) is 1. The molecule has 1 N–H and O–H groups in total. The molecule has 1 aromatic heterocycles. The van der Waals surface area contributed by atoms with Crippen LogP contribution in [0.5, 0.6) is 0 Å². The van der Waals surface area contributed by atoms with Crippen molar-refractivity contribution in [2.45, 2.75) is 18.9 Å². The highest BCUT2D eigenvalue weighted by molar-refractivity contribution is 5.93. The predicted molar refractivity (Wildman–Crippen MR) is 80.5 cm³/mol. The van der Waals surface area contributed by atoms with E-state index in [1.54, 1.807) is 20.3 Å². The minimum Gasteiger partial charge on any atom is -0.394 e. The number of carbonyl (C=O) groups excluding carboxylic acids is 1. The van der Waals surface area contributed by atoms with Gasteiger partial charge in [0.25, 0.3) is 5.91 Å². The molecule has 1 aliphatic rings. The van der Waals surface area contributed by atoms with Crippen molar-refractivity contribution in [3.63, 3.8) is 0 Å². The highest BCUT2D eigenvalue weighted by Gasteiger charge is 2.21. The molecule has 6 nitrogen and oxygen atoms in total. The fraction of sp³-hybridized carbons (Fsp3) is 0.600. The lowest BCUT2D eigenvalue weighted by atomic mass is 10.1. The number of anilines is 1. The number of hydrogen-bond acceptors (Lipinski definition) is 5. The summed E-state index contributed by atoms with van der Waals surface area (Å²) in [5, 5.41) is 8.82. The number of aromatic nitrogens is 1. The molecule has 1 amide bonds. The van der Waals surface area contributed by atoms with E-state index < -0.39 is 0 Å². The van der Waals surface area contributed by atoms with Gasteiger partial charge in [0, 0.05) is 33.4 Å². The average molecular weight is 293 g/mol. The van der Waals surface area contributed by atoms with Crippen LogP contribution in [0.25, 0.3) is 0 Å². The van der Waals surface area contributed by atoms with E-state index in [0.717, 1.165) is 31.7 Å². The SMILES string of the molecule is CN(C)C(=O)c1ccc(N2CCCC(OCCO)C2)nc1. The summed E-state index contributed by atoms with van der Waals surface area (Å²) in [6, 6.07) is 3.69. The van der Waals surface area contributed by atoms with Crippen molar-refractivity contribution in [2.75, 3.05) is 45.3 Å². The number of carbonyl (C=O) groups is 1. The van der Waals surface area contributed by atoms with Crippen LogP contribution in [-0.2, 0) is 4.74 Å². The topological polar surface area (TPSA) is 65.9 Å². The molecule has 2 heterocycles. The number of pyridine rings is 1. The molecule has 0 aliphatic carbocycles. The Balaban J connectivity index is 1.99. The van der Waals surface area contributed by atoms with Gasteiger partial charge in [-0.2, -0.15) is 0 Å². The predicted octanol–water partition coefficient (Wildman–Crippen LogP) is 0.761. The van der Waals surface area contributed by atoms with Gasteiger partial charge < -0.3 is 19.6 Å². The minimum atomic E-state index is -0.0446. The number of aliphatic hydroxyl groups is 1. The van der Waals surface area contributed by atoms with E-state index in [9.17, 15) is 4.79 Å². The Morgan fingerprint density at radius 3 is 2.95 bits per heavy atom. The molecule has 6 heteroatoms. The van der Waals surface area contributed by atoms with Crippen LogP contribution in [-0.4, -0.2) is 67.4 Å². The summed E-state index contributed by atoms with van der Waals surface area (Å²) in [5.41, 5.74) is 0.592. The molecule has 0 saturated carbocycles. The molecule has 0 spiro atoms. The minimum absolute atomic E-state index is 0.0446. The lowest BCUT2D eigenvalue weighted by Gasteiger charge is -2.33. The maximum Gasteiger partial charge on any atom is 0.254 e. The first kappa shape index (κ1) is 15.7. The number of rotatable bonds is 5. The fourth-order valence-electron chi connectivity index (χ4n) is 2.46. The van der Waals surface area contributed by atoms with Crippen molar-refractivity contribution in [3.05, 3.63) is 23.9 Å². The first-order valence-electron chi connectivity index (χ1n) is 7.27. The van der Waals surface area contributed by atoms with Gasteiger partial charge in [-0.3, -0.25) is 4.79 Å². The summed E-state index contributed by atoms with van der Waals surface area (Å²) in [7, 11) is 3.45. The lowest BCUT2D eigenvalue weighted by Crippen LogP contribution is -2.40. The van der Waals surface area contributed by atoms with Gasteiger partial charge in [0.1, 0.15) is 5.82 Å². The van der Waals surface area contributed by atoms with Crippen molar-refractivity contribution in [2.24, 2.45) is 0 Å². The van der Waals surface area contributed by atoms with E-state index in [4.69, 9.17) is 9.84 Å². The monoisotopic (exact) mass is 293 g/mol. The highest BCUT2D eigenvalue weighted by atomic mass is 16.5. The van der Waals surface area contributed by atoms with Crippen LogP contribution in [0.1, 0.15) is 23.2 Å². The second-order valence-electron chi connectivity index (χ2n) is 5.41. The third-order valence-corrected chi connectivity index (χ3v) is 3.55. The van der Waals surface area contributed by atoms with Gasteiger partial charge in [-0.05, 0) is 25.0 Å². The average Bonchev–Trinajstić information content (AvgIpc) is 2.52. The standard InChI is InChI=1S/C15H23N3O3/c1-17(2)15(20)12-5-6-14(16-10-12)18-7-3-4-13(11-18)21-9-8-19/h5-6,10,13,19H,3-4,7-9,11H2,1-2H3. The zero-order chi connectivity index (χ0) is 15.2. The second-order valence-corrected chi connectivity index (χ2v) is 5.41. The first-order chi connectivity index (χ1) is 10.1. The summed E-state index contributed by atoms with van der Waals surface area (Å²) in [6.07, 6.45) is 3.80. The molecule has 1 fully saturated rings. The van der Waals surface area contributed by atoms with Gasteiger partial charge in [0.05, 0.1) is 24.9 Å². The molecule has 1 atom stereocenters. The Labute approximate surface area is 125 Å². The molecular formula is C15H23N3O3. The zero-order valence-corrected chi connectivity index (χ0v) is 12.7. The van der Waals surface area contributed by atoms with E-state index >= 15 is 0 Å². The van der Waals surface area contributed by atoms with E-state index in [1.165, 1.54) is 4.90 Å². The van der Waals surface area contributed by atoms with Crippen LogP contribution in [0.2, 0.25) is 0 Å². The smallest absolute Gasteiger partial charge is 0.254 e. The number of nitrogens with zero attached hydrogens (tertiary/aromatic N) is 3. The third-order valence-electron chi connectivity index (χ3n) is 3.55. The summed E-state index contributed by atoms with van der Waals surface area (Å²) < 4.78 is 5.60. The van der Waals surface area contributed by atoms with Crippen LogP contribution in [0.15, 0.2) is 18.3 Å². The number of amides is 1. The summed E-state index contributed by atoms with van der Waals surface area (Å²) in [5.74, 6) is 0.819. The normalized spacial score (nSPS) is 18.6. The molecule has 1 aromatic rings. The molecule has 0 radical (unpaired) electrons. The van der Waals surface area contributed by atoms with E-state index in [0.29, 0.717) is 12.2 Å². The Morgan fingerprint density at radius 1 is 1.52 bits per heavy atom. The van der Waals surface area contributed by atoms with Crippen molar-refractivity contribution < 1.29 is 14.6 Å². The van der Waals surface area contributed by atoms with Crippen molar-refractivity contribution in [1.82, 2.24) is 9.88 Å². The molecule has 116 valence electrons. The Morgan fingerprint density at radius 2 is 2.33 bits per heavy atom. The van der Waals surface area contributed by atoms with Crippen molar-refractivity contribution in [3.8, 4) is 0 Å². The van der Waals surface area contributed by atoms with Crippen LogP contribution in [0.4, 0.5) is 5.82 Å². The third kappa shape index (κ3) is 4.15. The van der Waals surface area contributed by atoms with Crippen LogP contribution in [0.3, 0.4) is 0 Å². The number of piperidine rings is 1. The number of ether oxygens (including phenoxy) is 1. The zero-order valence-electron chi connectivity index (χ0n) is 12.7. The van der Waals surface area contributed by atoms with Crippen molar-refractivity contribution in [1.29, 1.82) is 0 Å². The second kappa shape index (κ2) is 7.38. The Hall–Kier alpha value is -1.66. The first-order valence-corrected chi connectivity index (χ1v) is 7.27. The molecule has 0 aromatic carbocycles. The van der Waals surface area contributed by atoms with Gasteiger partial charge in [-0.1, -0.05) is 0 Å². The maximum atomic E-state index is 11.8. The van der Waals surface area contributed by atoms with Gasteiger partial charge >= 0.3 is 0 Å². The molecule has 0 bridgehead atoms. The summed E-state index contributed by atoms with van der Waals surface area (Å²) in [6.45, 7) is 2.14. The van der Waals surface area contributed by atoms with E-state index in [2.05, 4.69) is 9.88 Å². The van der Waals surface area contributed by atoms with E-state index in [-0.39, 0.29) is 18.6 Å². The Kier molecular flexibility index (Phi) is 5.52. The lowest BCUT2D eigenvalue weighted by molar-refractivity contribution is 0.0213. The molecule has 2 rings (SSSR count). The molecule has 1 saturated heterocycles. The fourth-order valence-corrected chi connectivity index (χ4v) is 2.46. The van der Waals surface area contributed by atoms with Crippen LogP contribution < -0.4 is 4.90 Å². The molecular weight excluding hydrogens is 270 g/mol. The highest BCUT2D eigenvalue weighted by Crippen LogP contribution is 2.19. The summed E-state index contributed by atoms with van der Waals surface area (Å²) >= 11 is 0. The van der Waals surface area contributed by atoms with Crippen LogP contribution >= 0.6 is 0 Å². The van der Waals surface area contributed by atoms with Gasteiger partial charge in [0.2, 0.25) is 0 Å². The van der Waals surface area contributed by atoms with Gasteiger partial charge in [-0.15, -0.1) is 0 Å². The molecule has 21 heavy (non-hydrogen) atoms. The quantitative estimate of drug-likeness (QED) is 0.868. The van der Waals surface area contributed by atoms with Crippen LogP contribution in [0, 0.1) is 0 Å². The largest absolute Gasteiger partial charge is 0.394 e. The van der Waals surface area contributed by atoms with Gasteiger partial charge in [-0.25, -0.2) is 4.98 Å². The Bertz CT molecular complexity index is 462. The van der Waals surface area contributed by atoms with Gasteiger partial charge in [0.15, 0.2) is 0 Å². The summed E-state index contributed by atoms with van der Waals surface area (Å²) in [4.78, 5) is 19.9. The number of aliphatic hydroxyl groups excluding tert-OH is 1. The molecule has 1 aliphatic heterocycles. The molecule has 1 unspecified atom stereocenters.